The van der Waals surface area contributed by atoms with E-state index in [1.54, 1.807) is 56.8 Å². The standard InChI is InChI=1S/C20H28N.2C19H26N.C18H24N/c1-14-8-9-18(16(3)10-14)19-11-15(2)17(13-21(19)7)12-20(4,5)6;1-14-9-7-8-10-17(14)18-11-16(12-19(3,4)5)15(2)13-20(18)6;1-14-9-7-8-10-17(14)18-11-15(2)16(13-20(18)6)12-19(3,4)5;1-14-8-6-7-9-16(14)17-12-15(10-11-19(17)5)13-18(2,3)4/h8-11,13H,12H2,1-7H3;2*7-11,13H,12H2,1-6H3;6-12H,13H2,1-5H3/q4*+1/i1D3,12D2;2D3,12D2;12D2;13D2. The summed E-state index contributed by atoms with van der Waals surface area (Å²) in [6.07, 6.45) is 1.29. The van der Waals surface area contributed by atoms with Crippen LogP contribution in [-0.4, -0.2) is 0 Å². The van der Waals surface area contributed by atoms with Crippen LogP contribution in [0.25, 0.3) is 45.0 Å². The molecule has 0 atom stereocenters. The maximum Gasteiger partial charge on any atom is 0.212 e. The predicted octanol–water partition coefficient (Wildman–Crippen LogP) is 17.5. The molecule has 4 aromatic carbocycles. The Morgan fingerprint density at radius 1 is 0.338 bits per heavy atom. The average Bonchev–Trinajstić information content (AvgIpc) is 0.782. The fourth-order valence-corrected chi connectivity index (χ4v) is 9.41. The largest absolute Gasteiger partial charge is 0.212 e. The van der Waals surface area contributed by atoms with Gasteiger partial charge in [-0.1, -0.05) is 155 Å². The normalized spacial score (nSPS) is 15.3. The molecule has 80 heavy (non-hydrogen) atoms. The van der Waals surface area contributed by atoms with Gasteiger partial charge in [-0.2, -0.15) is 0 Å². The lowest BCUT2D eigenvalue weighted by Crippen LogP contribution is -2.32. The summed E-state index contributed by atoms with van der Waals surface area (Å²) < 4.78 is 122. The van der Waals surface area contributed by atoms with E-state index >= 15 is 0 Å². The van der Waals surface area contributed by atoms with E-state index in [9.17, 15) is 0 Å². The third-order valence-electron chi connectivity index (χ3n) is 13.2. The Morgan fingerprint density at radius 3 is 1.10 bits per heavy atom. The highest BCUT2D eigenvalue weighted by atomic mass is 14.9. The Bertz CT molecular complexity index is 4000. The van der Waals surface area contributed by atoms with Crippen molar-refractivity contribution in [2.45, 2.75) is 164 Å². The number of nitrogens with zero attached hydrogens (tertiary/aromatic N) is 4. The Kier molecular flexibility index (Phi) is 15.5. The molecule has 0 aliphatic heterocycles. The van der Waals surface area contributed by atoms with Gasteiger partial charge < -0.3 is 0 Å². The first-order valence-electron chi connectivity index (χ1n) is 35.0. The number of rotatable bonds is 8. The van der Waals surface area contributed by atoms with Gasteiger partial charge in [0, 0.05) is 88.5 Å². The molecule has 0 unspecified atom stereocenters. The van der Waals surface area contributed by atoms with Crippen LogP contribution in [-0.2, 0) is 53.7 Å². The Morgan fingerprint density at radius 2 is 0.713 bits per heavy atom. The molecule has 424 valence electrons. The minimum Gasteiger partial charge on any atom is -0.201 e. The molecule has 0 spiro atoms. The second-order valence-corrected chi connectivity index (χ2v) is 25.7. The molecule has 8 rings (SSSR count). The van der Waals surface area contributed by atoms with Crippen LogP contribution in [0.2, 0.25) is 0 Å². The summed E-state index contributed by atoms with van der Waals surface area (Å²) in [6.45, 7) is 30.2. The summed E-state index contributed by atoms with van der Waals surface area (Å²) in [5, 5.41) is 0. The van der Waals surface area contributed by atoms with Crippen LogP contribution in [0.4, 0.5) is 0 Å². The third kappa shape index (κ3) is 19.1. The maximum absolute atomic E-state index is 8.63. The lowest BCUT2D eigenvalue weighted by Gasteiger charge is -2.19. The molecule has 0 aliphatic carbocycles. The molecule has 4 aromatic heterocycles. The molecule has 4 nitrogen and oxygen atoms in total. The zero-order valence-electron chi connectivity index (χ0n) is 66.6. The van der Waals surface area contributed by atoms with Crippen LogP contribution < -0.4 is 18.3 Å². The molecular formula is C76H104N4+4. The molecule has 0 radical (unpaired) electrons. The van der Waals surface area contributed by atoms with Crippen molar-refractivity contribution in [3.63, 3.8) is 0 Å². The van der Waals surface area contributed by atoms with Crippen molar-refractivity contribution in [3.8, 4) is 45.0 Å². The van der Waals surface area contributed by atoms with Gasteiger partial charge in [-0.05, 0) is 171 Å². The molecule has 8 aromatic rings. The van der Waals surface area contributed by atoms with Crippen molar-refractivity contribution >= 4 is 0 Å². The van der Waals surface area contributed by atoms with Crippen LogP contribution in [0.5, 0.6) is 0 Å². The minimum absolute atomic E-state index is 0.0623. The van der Waals surface area contributed by atoms with E-state index in [1.807, 2.05) is 216 Å². The first-order valence-corrected chi connectivity index (χ1v) is 28.0. The van der Waals surface area contributed by atoms with Gasteiger partial charge in [0.1, 0.15) is 28.2 Å². The molecular weight excluding hydrogens is 969 g/mol. The fourth-order valence-electron chi connectivity index (χ4n) is 9.41. The molecule has 0 bridgehead atoms. The summed E-state index contributed by atoms with van der Waals surface area (Å²) in [4.78, 5) is 0. The quantitative estimate of drug-likeness (QED) is 0.135. The first-order chi connectivity index (χ1) is 42.6. The number of aryl methyl sites for hydroxylation is 12. The van der Waals surface area contributed by atoms with Crippen molar-refractivity contribution in [1.82, 2.24) is 0 Å². The van der Waals surface area contributed by atoms with Crippen LogP contribution >= 0.6 is 0 Å². The van der Waals surface area contributed by atoms with Crippen LogP contribution in [0.3, 0.4) is 0 Å². The number of benzene rings is 4. The van der Waals surface area contributed by atoms with Gasteiger partial charge in [-0.15, -0.1) is 0 Å². The summed E-state index contributed by atoms with van der Waals surface area (Å²) in [7, 11) is 7.68. The smallest absolute Gasteiger partial charge is 0.201 e. The highest BCUT2D eigenvalue weighted by Crippen LogP contribution is 2.30. The molecule has 0 saturated heterocycles. The monoisotopic (exact) mass is 1090 g/mol. The number of aromatic nitrogens is 4. The minimum atomic E-state index is -2.38. The zero-order chi connectivity index (χ0) is 71.8. The van der Waals surface area contributed by atoms with Crippen molar-refractivity contribution in [2.75, 3.05) is 0 Å². The van der Waals surface area contributed by atoms with Crippen LogP contribution in [0, 0.1) is 76.9 Å². The average molecular weight is 1090 g/mol. The van der Waals surface area contributed by atoms with Crippen molar-refractivity contribution in [1.29, 1.82) is 0 Å². The number of pyridine rings is 4. The third-order valence-corrected chi connectivity index (χ3v) is 13.2. The topological polar surface area (TPSA) is 15.5 Å². The molecule has 0 fully saturated rings. The van der Waals surface area contributed by atoms with E-state index in [2.05, 4.69) is 44.2 Å². The predicted molar refractivity (Wildman–Crippen MR) is 343 cm³/mol. The van der Waals surface area contributed by atoms with E-state index < -0.39 is 60.9 Å². The second kappa shape index (κ2) is 26.8. The van der Waals surface area contributed by atoms with E-state index in [0.717, 1.165) is 72.8 Å². The van der Waals surface area contributed by atoms with Crippen molar-refractivity contribution in [2.24, 2.45) is 49.9 Å². The fraction of sp³-hybridized carbons (Fsp3) is 0.421. The van der Waals surface area contributed by atoms with Gasteiger partial charge in [-0.3, -0.25) is 0 Å². The van der Waals surface area contributed by atoms with E-state index in [0.29, 0.717) is 11.1 Å². The number of hydrogen-bond acceptors (Lipinski definition) is 0. The SMILES string of the molecule is [2H]C([2H])([2H])c1c[n+](C)c(-c2ccccc2C)cc1C([2H])([2H])C(C)(C)C.[2H]C([2H])([2H])c1ccc(-c2cc(C)c(C([2H])([2H])C(C)(C)C)c[n+]2C)c(C)c1.[2H]C([2H])(c1c[n+](C)c(-c2ccccc2C)cc1C)C(C)(C)C.[2H]C([2H])(c1cc[n+](C)c(-c2ccccc2C)c1)C(C)(C)C. The Labute approximate surface area is 507 Å². The highest BCUT2D eigenvalue weighted by Gasteiger charge is 2.23. The van der Waals surface area contributed by atoms with Crippen LogP contribution in [0.15, 0.2) is 146 Å². The molecule has 4 heterocycles. The summed E-state index contributed by atoms with van der Waals surface area (Å²) in [6, 6.07) is 39.2. The lowest BCUT2D eigenvalue weighted by molar-refractivity contribution is -0.661. The molecule has 0 N–H and O–H groups in total. The highest BCUT2D eigenvalue weighted by molar-refractivity contribution is 5.64. The van der Waals surface area contributed by atoms with Crippen molar-refractivity contribution < 1.29 is 37.5 Å². The maximum atomic E-state index is 8.63. The van der Waals surface area contributed by atoms with E-state index in [1.165, 1.54) is 16.7 Å². The van der Waals surface area contributed by atoms with Gasteiger partial charge >= 0.3 is 0 Å². The molecule has 0 aliphatic rings. The Balaban J connectivity index is 0.000000228. The van der Waals surface area contributed by atoms with Crippen molar-refractivity contribution in [3.05, 3.63) is 213 Å². The summed E-state index contributed by atoms with van der Waals surface area (Å²) >= 11 is 0. The summed E-state index contributed by atoms with van der Waals surface area (Å²) in [5.74, 6) is 0. The van der Waals surface area contributed by atoms with E-state index in [-0.39, 0.29) is 11.1 Å². The zero-order valence-corrected chi connectivity index (χ0v) is 52.6. The summed E-state index contributed by atoms with van der Waals surface area (Å²) in [5.41, 5.74) is 15.0. The van der Waals surface area contributed by atoms with Gasteiger partial charge in [0.2, 0.25) is 22.8 Å². The first kappa shape index (κ1) is 46.1. The van der Waals surface area contributed by atoms with Gasteiger partial charge in [0.05, 0.1) is 0 Å². The van der Waals surface area contributed by atoms with Gasteiger partial charge in [-0.25, -0.2) is 18.3 Å². The van der Waals surface area contributed by atoms with Gasteiger partial charge in [0.25, 0.3) is 0 Å². The molecule has 4 heteroatoms. The molecule has 0 saturated carbocycles. The lowest BCUT2D eigenvalue weighted by atomic mass is 9.86. The van der Waals surface area contributed by atoms with E-state index in [4.69, 9.17) is 19.2 Å². The number of hydrogen-bond donors (Lipinski definition) is 0. The van der Waals surface area contributed by atoms with Crippen LogP contribution in [0.1, 0.15) is 169 Å². The van der Waals surface area contributed by atoms with Gasteiger partial charge in [0.15, 0.2) is 24.8 Å². The molecule has 0 amide bonds. The Hall–Kier alpha value is -6.52. The second-order valence-electron chi connectivity index (χ2n) is 25.7.